The van der Waals surface area contributed by atoms with Crippen LogP contribution in [0.25, 0.3) is 11.0 Å². The van der Waals surface area contributed by atoms with Gasteiger partial charge in [0.15, 0.2) is 5.65 Å². The average molecular weight is 331 g/mol. The Balaban J connectivity index is 1.63. The summed E-state index contributed by atoms with van der Waals surface area (Å²) in [5.74, 6) is 1.15. The molecule has 0 atom stereocenters. The lowest BCUT2D eigenvalue weighted by molar-refractivity contribution is -0.132. The summed E-state index contributed by atoms with van der Waals surface area (Å²) >= 11 is 0. The molecule has 0 N–H and O–H groups in total. The number of fused-ring (bicyclic) bond motifs is 1. The van der Waals surface area contributed by atoms with Crippen molar-refractivity contribution in [3.8, 4) is 0 Å². The maximum Gasteiger partial charge on any atom is 0.236 e. The zero-order valence-corrected chi connectivity index (χ0v) is 14.6. The van der Waals surface area contributed by atoms with Crippen molar-refractivity contribution in [3.05, 3.63) is 12.5 Å². The van der Waals surface area contributed by atoms with Crippen LogP contribution in [0.5, 0.6) is 0 Å². The Hall–Kier alpha value is -2.22. The highest BCUT2D eigenvalue weighted by Gasteiger charge is 2.23. The van der Waals surface area contributed by atoms with Gasteiger partial charge >= 0.3 is 0 Å². The number of amides is 1. The summed E-state index contributed by atoms with van der Waals surface area (Å²) in [6, 6.07) is 0. The first kappa shape index (κ1) is 16.6. The fraction of sp³-hybridized carbons (Fsp3) is 0.625. The quantitative estimate of drug-likeness (QED) is 0.788. The molecule has 2 aromatic rings. The van der Waals surface area contributed by atoms with E-state index in [9.17, 15) is 4.79 Å². The molecule has 8 nitrogen and oxygen atoms in total. The van der Waals surface area contributed by atoms with Gasteiger partial charge in [-0.2, -0.15) is 5.10 Å². The fourth-order valence-corrected chi connectivity index (χ4v) is 3.19. The number of hydrogen-bond acceptors (Lipinski definition) is 6. The van der Waals surface area contributed by atoms with E-state index in [0.717, 1.165) is 56.1 Å². The van der Waals surface area contributed by atoms with Crippen molar-refractivity contribution in [3.63, 3.8) is 0 Å². The lowest BCUT2D eigenvalue weighted by Gasteiger charge is -2.35. The van der Waals surface area contributed by atoms with E-state index in [1.165, 1.54) is 0 Å². The molecule has 1 saturated heterocycles. The molecule has 2 aromatic heterocycles. The molecule has 3 heterocycles. The number of aryl methyl sites for hydroxylation is 1. The average Bonchev–Trinajstić information content (AvgIpc) is 2.98. The second-order valence-electron chi connectivity index (χ2n) is 6.03. The Morgan fingerprint density at radius 3 is 2.54 bits per heavy atom. The Bertz CT molecular complexity index is 702. The number of hydrogen-bond donors (Lipinski definition) is 0. The number of aromatic nitrogens is 4. The molecule has 0 radical (unpaired) electrons. The summed E-state index contributed by atoms with van der Waals surface area (Å²) in [4.78, 5) is 27.3. The lowest BCUT2D eigenvalue weighted by atomic mass is 10.2. The van der Waals surface area contributed by atoms with Crippen LogP contribution in [0, 0.1) is 0 Å². The summed E-state index contributed by atoms with van der Waals surface area (Å²) < 4.78 is 1.76. The fourth-order valence-electron chi connectivity index (χ4n) is 3.19. The first-order valence-electron chi connectivity index (χ1n) is 8.51. The number of carbonyl (C=O) groups is 1. The highest BCUT2D eigenvalue weighted by Crippen LogP contribution is 2.23. The van der Waals surface area contributed by atoms with Gasteiger partial charge in [0, 0.05) is 46.3 Å². The van der Waals surface area contributed by atoms with Crippen molar-refractivity contribution in [2.45, 2.75) is 13.8 Å². The van der Waals surface area contributed by atoms with Crippen LogP contribution in [-0.2, 0) is 11.8 Å². The number of piperazine rings is 1. The molecule has 1 aliphatic heterocycles. The lowest BCUT2D eigenvalue weighted by Crippen LogP contribution is -2.50. The largest absolute Gasteiger partial charge is 0.353 e. The second kappa shape index (κ2) is 7.12. The monoisotopic (exact) mass is 331 g/mol. The van der Waals surface area contributed by atoms with Crippen LogP contribution >= 0.6 is 0 Å². The van der Waals surface area contributed by atoms with Crippen molar-refractivity contribution in [2.75, 3.05) is 50.7 Å². The Morgan fingerprint density at radius 2 is 1.88 bits per heavy atom. The van der Waals surface area contributed by atoms with Gasteiger partial charge in [-0.3, -0.25) is 14.4 Å². The second-order valence-corrected chi connectivity index (χ2v) is 6.03. The number of carbonyl (C=O) groups excluding carboxylic acids is 1. The molecule has 0 spiro atoms. The SMILES string of the molecule is CCN(CC)C(=O)CN1CCN(c2ncnc3c2cnn3C)CC1. The molecule has 0 saturated carbocycles. The summed E-state index contributed by atoms with van der Waals surface area (Å²) in [5, 5.41) is 5.25. The molecular weight excluding hydrogens is 306 g/mol. The van der Waals surface area contributed by atoms with Gasteiger partial charge in [-0.25, -0.2) is 9.97 Å². The van der Waals surface area contributed by atoms with Crippen LogP contribution in [0.4, 0.5) is 5.82 Å². The minimum atomic E-state index is 0.213. The Morgan fingerprint density at radius 1 is 1.17 bits per heavy atom. The molecule has 130 valence electrons. The molecule has 1 amide bonds. The van der Waals surface area contributed by atoms with Crippen LogP contribution in [0.15, 0.2) is 12.5 Å². The molecule has 0 unspecified atom stereocenters. The summed E-state index contributed by atoms with van der Waals surface area (Å²) in [6.45, 7) is 9.52. The first-order chi connectivity index (χ1) is 11.6. The molecule has 24 heavy (non-hydrogen) atoms. The highest BCUT2D eigenvalue weighted by molar-refractivity contribution is 5.86. The van der Waals surface area contributed by atoms with Crippen LogP contribution in [0.1, 0.15) is 13.8 Å². The van der Waals surface area contributed by atoms with Crippen molar-refractivity contribution < 1.29 is 4.79 Å². The van der Waals surface area contributed by atoms with Crippen molar-refractivity contribution in [2.24, 2.45) is 7.05 Å². The van der Waals surface area contributed by atoms with Crippen LogP contribution in [0.3, 0.4) is 0 Å². The van der Waals surface area contributed by atoms with E-state index in [4.69, 9.17) is 0 Å². The maximum absolute atomic E-state index is 12.2. The molecule has 1 aliphatic rings. The normalized spacial score (nSPS) is 15.9. The van der Waals surface area contributed by atoms with E-state index in [1.54, 1.807) is 11.0 Å². The minimum absolute atomic E-state index is 0.213. The van der Waals surface area contributed by atoms with E-state index in [0.29, 0.717) is 6.54 Å². The molecule has 3 rings (SSSR count). The van der Waals surface area contributed by atoms with Gasteiger partial charge in [-0.1, -0.05) is 0 Å². The summed E-state index contributed by atoms with van der Waals surface area (Å²) in [7, 11) is 1.88. The number of rotatable bonds is 5. The molecule has 1 fully saturated rings. The number of likely N-dealkylation sites (N-methyl/N-ethyl adjacent to an activating group) is 1. The summed E-state index contributed by atoms with van der Waals surface area (Å²) in [6.07, 6.45) is 3.41. The molecule has 0 aliphatic carbocycles. The Kier molecular flexibility index (Phi) is 4.94. The first-order valence-corrected chi connectivity index (χ1v) is 8.51. The van der Waals surface area contributed by atoms with Gasteiger partial charge in [0.1, 0.15) is 12.1 Å². The molecule has 8 heteroatoms. The van der Waals surface area contributed by atoms with Crippen molar-refractivity contribution in [1.82, 2.24) is 29.5 Å². The highest BCUT2D eigenvalue weighted by atomic mass is 16.2. The molecule has 0 aromatic carbocycles. The third-order valence-corrected chi connectivity index (χ3v) is 4.66. The third kappa shape index (κ3) is 3.19. The number of nitrogens with zero attached hydrogens (tertiary/aromatic N) is 7. The van der Waals surface area contributed by atoms with E-state index >= 15 is 0 Å². The zero-order valence-electron chi connectivity index (χ0n) is 14.6. The van der Waals surface area contributed by atoms with E-state index in [-0.39, 0.29) is 5.91 Å². The van der Waals surface area contributed by atoms with Gasteiger partial charge in [-0.15, -0.1) is 0 Å². The minimum Gasteiger partial charge on any atom is -0.353 e. The van der Waals surface area contributed by atoms with Crippen molar-refractivity contribution >= 4 is 22.8 Å². The van der Waals surface area contributed by atoms with E-state index in [1.807, 2.05) is 32.0 Å². The Labute approximate surface area is 142 Å². The summed E-state index contributed by atoms with van der Waals surface area (Å²) in [5.41, 5.74) is 0.846. The van der Waals surface area contributed by atoms with Gasteiger partial charge in [-0.05, 0) is 13.8 Å². The predicted molar refractivity (Wildman–Crippen MR) is 92.9 cm³/mol. The van der Waals surface area contributed by atoms with E-state index in [2.05, 4.69) is 24.9 Å². The molecular formula is C16H25N7O. The standard InChI is InChI=1S/C16H25N7O/c1-4-22(5-2)14(24)11-21-6-8-23(9-7-21)16-13-10-19-20(3)15(13)17-12-18-16/h10,12H,4-9,11H2,1-3H3. The zero-order chi connectivity index (χ0) is 17.1. The van der Waals surface area contributed by atoms with Crippen molar-refractivity contribution in [1.29, 1.82) is 0 Å². The van der Waals surface area contributed by atoms with Gasteiger partial charge in [0.25, 0.3) is 0 Å². The van der Waals surface area contributed by atoms with Crippen LogP contribution in [-0.4, -0.2) is 81.3 Å². The predicted octanol–water partition coefficient (Wildman–Crippen LogP) is 0.354. The van der Waals surface area contributed by atoms with Gasteiger partial charge in [0.2, 0.25) is 5.91 Å². The van der Waals surface area contributed by atoms with E-state index < -0.39 is 0 Å². The van der Waals surface area contributed by atoms with Gasteiger partial charge in [0.05, 0.1) is 18.1 Å². The number of anilines is 1. The third-order valence-electron chi connectivity index (χ3n) is 4.66. The van der Waals surface area contributed by atoms with Crippen LogP contribution in [0.2, 0.25) is 0 Å². The maximum atomic E-state index is 12.2. The molecule has 0 bridgehead atoms. The van der Waals surface area contributed by atoms with Crippen LogP contribution < -0.4 is 4.90 Å². The topological polar surface area (TPSA) is 70.4 Å². The smallest absolute Gasteiger partial charge is 0.236 e. The van der Waals surface area contributed by atoms with Gasteiger partial charge < -0.3 is 9.80 Å².